The predicted molar refractivity (Wildman–Crippen MR) is 62.4 cm³/mol. The number of halogens is 4. The number of benzene rings is 1. The fraction of sp³-hybridized carbons (Fsp3) is 0.0833. The van der Waals surface area contributed by atoms with Gasteiger partial charge in [-0.3, -0.25) is 10.1 Å². The van der Waals surface area contributed by atoms with E-state index >= 15 is 0 Å². The summed E-state index contributed by atoms with van der Waals surface area (Å²) in [7, 11) is 0. The number of aromatic nitrogens is 1. The van der Waals surface area contributed by atoms with Crippen LogP contribution in [0.2, 0.25) is 0 Å². The van der Waals surface area contributed by atoms with E-state index in [0.717, 1.165) is 24.3 Å². The van der Waals surface area contributed by atoms with Crippen LogP contribution in [-0.2, 0) is 6.18 Å². The summed E-state index contributed by atoms with van der Waals surface area (Å²) in [6.45, 7) is 0. The minimum Gasteiger partial charge on any atom is -0.439 e. The van der Waals surface area contributed by atoms with Crippen LogP contribution in [0.4, 0.5) is 23.2 Å². The Labute approximate surface area is 115 Å². The Morgan fingerprint density at radius 1 is 1.19 bits per heavy atom. The molecule has 5 nitrogen and oxygen atoms in total. The molecule has 0 aliphatic heterocycles. The average Bonchev–Trinajstić information content (AvgIpc) is 2.37. The molecule has 0 N–H and O–H groups in total. The van der Waals surface area contributed by atoms with E-state index in [1.807, 2.05) is 0 Å². The average molecular weight is 302 g/mol. The number of pyridine rings is 1. The van der Waals surface area contributed by atoms with Gasteiger partial charge < -0.3 is 4.74 Å². The lowest BCUT2D eigenvalue weighted by molar-refractivity contribution is -0.385. The zero-order chi connectivity index (χ0) is 15.6. The van der Waals surface area contributed by atoms with Crippen molar-refractivity contribution in [2.24, 2.45) is 0 Å². The molecule has 1 heterocycles. The van der Waals surface area contributed by atoms with Crippen LogP contribution in [0.25, 0.3) is 0 Å². The van der Waals surface area contributed by atoms with Gasteiger partial charge in [-0.2, -0.15) is 13.2 Å². The number of hydrogen-bond donors (Lipinski definition) is 0. The topological polar surface area (TPSA) is 65.3 Å². The van der Waals surface area contributed by atoms with Crippen LogP contribution >= 0.6 is 0 Å². The maximum atomic E-state index is 13.2. The summed E-state index contributed by atoms with van der Waals surface area (Å²) in [4.78, 5) is 13.1. The Kier molecular flexibility index (Phi) is 3.74. The molecule has 0 unspecified atom stereocenters. The van der Waals surface area contributed by atoms with Crippen LogP contribution in [0.15, 0.2) is 36.5 Å². The third-order valence-electron chi connectivity index (χ3n) is 2.35. The number of hydrogen-bond acceptors (Lipinski definition) is 4. The summed E-state index contributed by atoms with van der Waals surface area (Å²) in [6, 6.07) is 4.14. The van der Waals surface area contributed by atoms with E-state index in [4.69, 9.17) is 4.74 Å². The lowest BCUT2D eigenvalue weighted by atomic mass is 10.3. The fourth-order valence-electron chi connectivity index (χ4n) is 1.44. The van der Waals surface area contributed by atoms with Crippen molar-refractivity contribution in [1.82, 2.24) is 4.98 Å². The first kappa shape index (κ1) is 14.7. The van der Waals surface area contributed by atoms with Crippen LogP contribution < -0.4 is 4.74 Å². The van der Waals surface area contributed by atoms with Gasteiger partial charge in [-0.1, -0.05) is 0 Å². The number of ether oxygens (including phenoxy) is 1. The van der Waals surface area contributed by atoms with E-state index in [0.29, 0.717) is 12.3 Å². The highest BCUT2D eigenvalue weighted by Gasteiger charge is 2.30. The van der Waals surface area contributed by atoms with Crippen LogP contribution in [0.5, 0.6) is 11.6 Å². The second-order valence-electron chi connectivity index (χ2n) is 3.89. The molecule has 0 fully saturated rings. The van der Waals surface area contributed by atoms with Gasteiger partial charge in [0.25, 0.3) is 5.69 Å². The molecule has 21 heavy (non-hydrogen) atoms. The van der Waals surface area contributed by atoms with Gasteiger partial charge in [0.1, 0.15) is 11.6 Å². The molecule has 0 aliphatic rings. The third kappa shape index (κ3) is 3.65. The highest BCUT2D eigenvalue weighted by Crippen LogP contribution is 2.30. The van der Waals surface area contributed by atoms with Gasteiger partial charge in [0.05, 0.1) is 22.6 Å². The van der Waals surface area contributed by atoms with Gasteiger partial charge in [-0.05, 0) is 6.07 Å². The Bertz CT molecular complexity index is 671. The van der Waals surface area contributed by atoms with Gasteiger partial charge in [-0.25, -0.2) is 9.37 Å². The molecule has 0 radical (unpaired) electrons. The Morgan fingerprint density at radius 3 is 2.43 bits per heavy atom. The van der Waals surface area contributed by atoms with Crippen molar-refractivity contribution in [2.45, 2.75) is 6.18 Å². The largest absolute Gasteiger partial charge is 0.439 e. The number of non-ortho nitro benzene ring substituents is 1. The lowest BCUT2D eigenvalue weighted by Crippen LogP contribution is -2.05. The zero-order valence-corrected chi connectivity index (χ0v) is 10.1. The summed E-state index contributed by atoms with van der Waals surface area (Å²) in [5.41, 5.74) is -1.52. The summed E-state index contributed by atoms with van der Waals surface area (Å²) in [6.07, 6.45) is -3.99. The molecule has 1 aromatic heterocycles. The second kappa shape index (κ2) is 5.35. The van der Waals surface area contributed by atoms with Gasteiger partial charge in [0, 0.05) is 18.3 Å². The first-order valence-electron chi connectivity index (χ1n) is 5.42. The van der Waals surface area contributed by atoms with Gasteiger partial charge in [0.15, 0.2) is 0 Å². The third-order valence-corrected chi connectivity index (χ3v) is 2.35. The number of nitro groups is 1. The van der Waals surface area contributed by atoms with E-state index in [1.165, 1.54) is 0 Å². The molecule has 9 heteroatoms. The predicted octanol–water partition coefficient (Wildman–Crippen LogP) is 3.94. The number of nitro benzene ring substituents is 1. The Morgan fingerprint density at radius 2 is 1.90 bits per heavy atom. The SMILES string of the molecule is O=[N+]([O-])c1cc(F)cc(Oc2ccc(C(F)(F)F)cn2)c1. The summed E-state index contributed by atoms with van der Waals surface area (Å²) in [5, 5.41) is 10.6. The number of alkyl halides is 3. The second-order valence-corrected chi connectivity index (χ2v) is 3.89. The number of nitrogens with zero attached hydrogens (tertiary/aromatic N) is 2. The van der Waals surface area contributed by atoms with E-state index in [2.05, 4.69) is 4.98 Å². The van der Waals surface area contributed by atoms with Gasteiger partial charge in [0.2, 0.25) is 5.88 Å². The maximum Gasteiger partial charge on any atom is 0.417 e. The highest BCUT2D eigenvalue weighted by atomic mass is 19.4. The molecule has 0 saturated heterocycles. The summed E-state index contributed by atoms with van der Waals surface area (Å²) in [5.74, 6) is -1.40. The van der Waals surface area contributed by atoms with Crippen LogP contribution in [0, 0.1) is 15.9 Å². The van der Waals surface area contributed by atoms with Crippen molar-refractivity contribution in [1.29, 1.82) is 0 Å². The standard InChI is InChI=1S/C12H6F4N2O3/c13-8-3-9(18(19)20)5-10(4-8)21-11-2-1-7(6-17-11)12(14,15)16/h1-6H. The van der Waals surface area contributed by atoms with Crippen LogP contribution in [-0.4, -0.2) is 9.91 Å². The van der Waals surface area contributed by atoms with E-state index in [1.54, 1.807) is 0 Å². The minimum absolute atomic E-state index is 0.242. The molecule has 0 aliphatic carbocycles. The molecule has 110 valence electrons. The molecule has 0 atom stereocenters. The molecular weight excluding hydrogens is 296 g/mol. The Balaban J connectivity index is 2.24. The monoisotopic (exact) mass is 302 g/mol. The quantitative estimate of drug-likeness (QED) is 0.489. The molecule has 0 saturated carbocycles. The maximum absolute atomic E-state index is 13.2. The molecule has 0 spiro atoms. The van der Waals surface area contributed by atoms with Crippen molar-refractivity contribution in [3.05, 3.63) is 58.0 Å². The normalized spacial score (nSPS) is 11.2. The molecule has 0 amide bonds. The molecule has 0 bridgehead atoms. The number of rotatable bonds is 3. The summed E-state index contributed by atoms with van der Waals surface area (Å²) < 4.78 is 55.2. The van der Waals surface area contributed by atoms with Crippen molar-refractivity contribution < 1.29 is 27.2 Å². The van der Waals surface area contributed by atoms with Crippen molar-refractivity contribution >= 4 is 5.69 Å². The first-order valence-corrected chi connectivity index (χ1v) is 5.42. The molecule has 2 rings (SSSR count). The lowest BCUT2D eigenvalue weighted by Gasteiger charge is -2.08. The van der Waals surface area contributed by atoms with Crippen LogP contribution in [0.3, 0.4) is 0 Å². The van der Waals surface area contributed by atoms with E-state index in [9.17, 15) is 27.7 Å². The van der Waals surface area contributed by atoms with Crippen LogP contribution in [0.1, 0.15) is 5.56 Å². The smallest absolute Gasteiger partial charge is 0.417 e. The zero-order valence-electron chi connectivity index (χ0n) is 10.1. The van der Waals surface area contributed by atoms with Crippen molar-refractivity contribution in [3.63, 3.8) is 0 Å². The van der Waals surface area contributed by atoms with E-state index in [-0.39, 0.29) is 11.6 Å². The van der Waals surface area contributed by atoms with E-state index < -0.39 is 28.2 Å². The highest BCUT2D eigenvalue weighted by molar-refractivity contribution is 5.40. The van der Waals surface area contributed by atoms with Gasteiger partial charge >= 0.3 is 6.18 Å². The van der Waals surface area contributed by atoms with Crippen molar-refractivity contribution in [3.8, 4) is 11.6 Å². The van der Waals surface area contributed by atoms with Crippen molar-refractivity contribution in [2.75, 3.05) is 0 Å². The molecular formula is C12H6F4N2O3. The minimum atomic E-state index is -4.54. The summed E-state index contributed by atoms with van der Waals surface area (Å²) >= 11 is 0. The Hall–Kier alpha value is -2.71. The molecule has 2 aromatic rings. The first-order chi connectivity index (χ1) is 9.75. The fourth-order valence-corrected chi connectivity index (χ4v) is 1.44. The molecule has 1 aromatic carbocycles. The van der Waals surface area contributed by atoms with Gasteiger partial charge in [-0.15, -0.1) is 0 Å².